The minimum atomic E-state index is -0.782. The summed E-state index contributed by atoms with van der Waals surface area (Å²) < 4.78 is 0. The molecule has 0 unspecified atom stereocenters. The van der Waals surface area contributed by atoms with Crippen molar-refractivity contribution in [2.75, 3.05) is 0 Å². The van der Waals surface area contributed by atoms with Crippen molar-refractivity contribution in [3.05, 3.63) is 12.2 Å². The topological polar surface area (TPSA) is 77.8 Å². The van der Waals surface area contributed by atoms with Crippen LogP contribution in [0.2, 0.25) is 0 Å². The summed E-state index contributed by atoms with van der Waals surface area (Å²) in [4.78, 5) is 11.2. The molecule has 0 atom stereocenters. The van der Waals surface area contributed by atoms with Crippen molar-refractivity contribution >= 4 is 5.97 Å². The Labute approximate surface area is 168 Å². The van der Waals surface area contributed by atoms with Crippen LogP contribution in [0.1, 0.15) is 77.6 Å². The first-order valence-electron chi connectivity index (χ1n) is 11.5. The molecule has 0 saturated heterocycles. The van der Waals surface area contributed by atoms with Crippen LogP contribution in [0.25, 0.3) is 0 Å². The standard InChI is InChI=1S/C14H20O2.C10H16O2/c1-8(13(15)16)14(2)11-4-9-3-10(6-11)7-12(14)5-9;11-9-2-7-1-8(4-9)5-10(12,3-7)6-9/h9-12H,1,3-7H2,2H3,(H,15,16);7-8,11-12H,1-6H2. The van der Waals surface area contributed by atoms with Crippen LogP contribution in [0.5, 0.6) is 0 Å². The van der Waals surface area contributed by atoms with E-state index in [0.717, 1.165) is 37.5 Å². The van der Waals surface area contributed by atoms with Crippen LogP contribution in [-0.2, 0) is 4.79 Å². The zero-order valence-corrected chi connectivity index (χ0v) is 17.2. The highest BCUT2D eigenvalue weighted by atomic mass is 16.4. The minimum absolute atomic E-state index is 0.112. The molecule has 156 valence electrons. The summed E-state index contributed by atoms with van der Waals surface area (Å²) in [7, 11) is 0. The Balaban J connectivity index is 0.000000127. The van der Waals surface area contributed by atoms with Crippen molar-refractivity contribution in [3.8, 4) is 0 Å². The molecule has 0 aromatic carbocycles. The average molecular weight is 389 g/mol. The van der Waals surface area contributed by atoms with Gasteiger partial charge in [-0.1, -0.05) is 13.5 Å². The molecule has 8 rings (SSSR count). The molecule has 8 aliphatic carbocycles. The Hall–Kier alpha value is -0.870. The van der Waals surface area contributed by atoms with Gasteiger partial charge in [-0.3, -0.25) is 0 Å². The molecule has 4 nitrogen and oxygen atoms in total. The molecule has 0 spiro atoms. The maximum Gasteiger partial charge on any atom is 0.331 e. The minimum Gasteiger partial charge on any atom is -0.478 e. The number of carbonyl (C=O) groups is 1. The van der Waals surface area contributed by atoms with E-state index in [1.165, 1.54) is 38.5 Å². The Morgan fingerprint density at radius 1 is 0.786 bits per heavy atom. The average Bonchev–Trinajstić information content (AvgIpc) is 2.55. The number of carboxylic acids is 1. The maximum absolute atomic E-state index is 11.2. The SMILES string of the molecule is C=C(C(=O)O)C1(C)C2CC3CC(C2)CC1C3.OC12CC3CC(C1)CC(O)(C3)C2. The number of aliphatic carboxylic acids is 1. The van der Waals surface area contributed by atoms with Gasteiger partial charge in [-0.15, -0.1) is 0 Å². The van der Waals surface area contributed by atoms with Crippen LogP contribution in [-0.4, -0.2) is 32.5 Å². The molecule has 0 aromatic heterocycles. The molecule has 8 fully saturated rings. The third-order valence-corrected chi connectivity index (χ3v) is 9.74. The summed E-state index contributed by atoms with van der Waals surface area (Å²) in [5.41, 5.74) is -0.613. The summed E-state index contributed by atoms with van der Waals surface area (Å²) in [6.07, 6.45) is 12.1. The van der Waals surface area contributed by atoms with Gasteiger partial charge < -0.3 is 15.3 Å². The van der Waals surface area contributed by atoms with Crippen LogP contribution in [0.4, 0.5) is 0 Å². The third-order valence-electron chi connectivity index (χ3n) is 9.74. The number of carboxylic acid groups (broad SMARTS) is 1. The van der Waals surface area contributed by atoms with E-state index in [1.54, 1.807) is 0 Å². The van der Waals surface area contributed by atoms with E-state index in [1.807, 2.05) is 0 Å². The molecule has 0 heterocycles. The van der Waals surface area contributed by atoms with E-state index < -0.39 is 17.2 Å². The molecule has 8 aliphatic rings. The van der Waals surface area contributed by atoms with Gasteiger partial charge in [0.1, 0.15) is 0 Å². The van der Waals surface area contributed by atoms with Gasteiger partial charge in [-0.05, 0) is 99.7 Å². The van der Waals surface area contributed by atoms with Crippen LogP contribution < -0.4 is 0 Å². The van der Waals surface area contributed by atoms with Gasteiger partial charge in [-0.2, -0.15) is 0 Å². The number of hydrogen-bond donors (Lipinski definition) is 3. The second kappa shape index (κ2) is 6.07. The maximum atomic E-state index is 11.2. The molecule has 28 heavy (non-hydrogen) atoms. The fourth-order valence-electron chi connectivity index (χ4n) is 9.05. The molecule has 0 aromatic rings. The number of aliphatic hydroxyl groups is 2. The lowest BCUT2D eigenvalue weighted by Gasteiger charge is -2.60. The van der Waals surface area contributed by atoms with Crippen LogP contribution in [0.15, 0.2) is 12.2 Å². The summed E-state index contributed by atoms with van der Waals surface area (Å²) in [5, 5.41) is 29.4. The highest BCUT2D eigenvalue weighted by molar-refractivity contribution is 5.87. The smallest absolute Gasteiger partial charge is 0.331 e. The molecular weight excluding hydrogens is 352 g/mol. The van der Waals surface area contributed by atoms with Gasteiger partial charge in [0.05, 0.1) is 11.2 Å². The van der Waals surface area contributed by atoms with E-state index in [9.17, 15) is 20.1 Å². The first-order chi connectivity index (χ1) is 13.1. The summed E-state index contributed by atoms with van der Waals surface area (Å²) >= 11 is 0. The highest BCUT2D eigenvalue weighted by Crippen LogP contribution is 2.64. The lowest BCUT2D eigenvalue weighted by atomic mass is 9.44. The molecule has 3 N–H and O–H groups in total. The number of rotatable bonds is 2. The summed E-state index contributed by atoms with van der Waals surface area (Å²) in [6.45, 7) is 6.04. The fourth-order valence-corrected chi connectivity index (χ4v) is 9.05. The summed E-state index contributed by atoms with van der Waals surface area (Å²) in [5.74, 6) is 3.39. The fraction of sp³-hybridized carbons (Fsp3) is 0.875. The second-order valence-electron chi connectivity index (χ2n) is 11.8. The number of hydrogen-bond acceptors (Lipinski definition) is 3. The Morgan fingerprint density at radius 3 is 1.54 bits per heavy atom. The van der Waals surface area contributed by atoms with E-state index in [0.29, 0.717) is 35.7 Å². The Morgan fingerprint density at radius 2 is 1.18 bits per heavy atom. The van der Waals surface area contributed by atoms with Crippen LogP contribution in [0, 0.1) is 40.9 Å². The van der Waals surface area contributed by atoms with E-state index in [2.05, 4.69) is 13.5 Å². The molecular formula is C24H36O4. The molecule has 8 bridgehead atoms. The van der Waals surface area contributed by atoms with Crippen molar-refractivity contribution in [2.45, 2.75) is 88.8 Å². The third kappa shape index (κ3) is 2.89. The normalized spacial score (nSPS) is 55.0. The predicted octanol–water partition coefficient (Wildman–Crippen LogP) is 4.15. The highest BCUT2D eigenvalue weighted by Gasteiger charge is 2.57. The quantitative estimate of drug-likeness (QED) is 0.621. The van der Waals surface area contributed by atoms with Crippen LogP contribution >= 0.6 is 0 Å². The van der Waals surface area contributed by atoms with Crippen LogP contribution in [0.3, 0.4) is 0 Å². The summed E-state index contributed by atoms with van der Waals surface area (Å²) in [6, 6.07) is 0. The van der Waals surface area contributed by atoms with Gasteiger partial charge >= 0.3 is 5.97 Å². The molecule has 4 heteroatoms. The van der Waals surface area contributed by atoms with Gasteiger partial charge in [0.25, 0.3) is 0 Å². The Kier molecular flexibility index (Phi) is 4.15. The molecule has 0 amide bonds. The van der Waals surface area contributed by atoms with E-state index >= 15 is 0 Å². The van der Waals surface area contributed by atoms with Crippen molar-refractivity contribution in [1.29, 1.82) is 0 Å². The zero-order valence-electron chi connectivity index (χ0n) is 17.2. The van der Waals surface area contributed by atoms with Gasteiger partial charge in [-0.25, -0.2) is 4.79 Å². The first kappa shape index (κ1) is 19.1. The zero-order chi connectivity index (χ0) is 19.9. The van der Waals surface area contributed by atoms with E-state index in [4.69, 9.17) is 0 Å². The predicted molar refractivity (Wildman–Crippen MR) is 107 cm³/mol. The van der Waals surface area contributed by atoms with Gasteiger partial charge in [0.2, 0.25) is 0 Å². The molecule has 0 radical (unpaired) electrons. The molecule has 8 saturated carbocycles. The lowest BCUT2D eigenvalue weighted by molar-refractivity contribution is -0.198. The second-order valence-corrected chi connectivity index (χ2v) is 11.8. The Bertz CT molecular complexity index is 633. The van der Waals surface area contributed by atoms with E-state index in [-0.39, 0.29) is 5.41 Å². The van der Waals surface area contributed by atoms with Crippen molar-refractivity contribution < 1.29 is 20.1 Å². The largest absolute Gasteiger partial charge is 0.478 e. The molecule has 0 aliphatic heterocycles. The van der Waals surface area contributed by atoms with Crippen molar-refractivity contribution in [3.63, 3.8) is 0 Å². The first-order valence-corrected chi connectivity index (χ1v) is 11.5. The monoisotopic (exact) mass is 388 g/mol. The van der Waals surface area contributed by atoms with Crippen molar-refractivity contribution in [2.24, 2.45) is 40.9 Å². The van der Waals surface area contributed by atoms with Gasteiger partial charge in [0.15, 0.2) is 0 Å². The van der Waals surface area contributed by atoms with Gasteiger partial charge in [0, 0.05) is 17.4 Å². The van der Waals surface area contributed by atoms with Crippen molar-refractivity contribution in [1.82, 2.24) is 0 Å². The lowest BCUT2D eigenvalue weighted by Crippen LogP contribution is -2.58.